The van der Waals surface area contributed by atoms with Gasteiger partial charge < -0.3 is 15.0 Å². The number of aromatic amines is 1. The minimum Gasteiger partial charge on any atom is -0.377 e. The molecule has 4 rings (SSSR count). The lowest BCUT2D eigenvalue weighted by Crippen LogP contribution is -2.46. The Bertz CT molecular complexity index is 1100. The summed E-state index contributed by atoms with van der Waals surface area (Å²) in [6.45, 7) is 1.07. The minimum atomic E-state index is -1.05. The first-order valence-electron chi connectivity index (χ1n) is 10.4. The molecule has 1 aliphatic rings. The number of rotatable bonds is 4. The largest absolute Gasteiger partial charge is 0.377 e. The van der Waals surface area contributed by atoms with Crippen LogP contribution in [0.25, 0.3) is 10.9 Å². The van der Waals surface area contributed by atoms with E-state index >= 15 is 0 Å². The van der Waals surface area contributed by atoms with Crippen LogP contribution >= 0.6 is 11.6 Å². The van der Waals surface area contributed by atoms with Crippen molar-refractivity contribution in [2.24, 2.45) is 0 Å². The number of carbonyl (C=O) groups excluding carboxylic acids is 1. The van der Waals surface area contributed by atoms with Crippen LogP contribution in [0.2, 0.25) is 5.02 Å². The Morgan fingerprint density at radius 3 is 2.77 bits per heavy atom. The van der Waals surface area contributed by atoms with E-state index in [4.69, 9.17) is 11.6 Å². The van der Waals surface area contributed by atoms with E-state index in [0.717, 1.165) is 23.9 Å². The third kappa shape index (κ3) is 4.87. The first kappa shape index (κ1) is 20.5. The standard InChI is InChI=1S/C25H25ClN2O2/c26-21-7-3-5-19(17-21)11-12-25(30)13-15-28(16-14-25)24(29)10-4-6-20-18-27-23-9-2-1-8-22(20)23/h1-3,5,7-9,17-18,27,30H,4,6,10,13-16H2. The second kappa shape index (κ2) is 8.95. The highest BCUT2D eigenvalue weighted by Crippen LogP contribution is 2.23. The van der Waals surface area contributed by atoms with Crippen molar-refractivity contribution in [2.45, 2.75) is 37.7 Å². The van der Waals surface area contributed by atoms with Gasteiger partial charge in [-0.25, -0.2) is 0 Å². The van der Waals surface area contributed by atoms with Crippen LogP contribution in [-0.2, 0) is 11.2 Å². The van der Waals surface area contributed by atoms with E-state index in [0.29, 0.717) is 37.4 Å². The number of aliphatic hydroxyl groups is 1. The van der Waals surface area contributed by atoms with Gasteiger partial charge in [0.15, 0.2) is 0 Å². The molecule has 3 aromatic rings. The maximum absolute atomic E-state index is 12.6. The summed E-state index contributed by atoms with van der Waals surface area (Å²) in [5, 5.41) is 12.6. The fourth-order valence-electron chi connectivity index (χ4n) is 3.93. The molecule has 0 bridgehead atoms. The quantitative estimate of drug-likeness (QED) is 0.608. The summed E-state index contributed by atoms with van der Waals surface area (Å²) < 4.78 is 0. The van der Waals surface area contributed by atoms with Crippen molar-refractivity contribution in [2.75, 3.05) is 13.1 Å². The number of benzene rings is 2. The molecule has 0 spiro atoms. The second-order valence-electron chi connectivity index (χ2n) is 7.89. The van der Waals surface area contributed by atoms with Crippen LogP contribution in [0.15, 0.2) is 54.7 Å². The lowest BCUT2D eigenvalue weighted by molar-refractivity contribution is -0.134. The lowest BCUT2D eigenvalue weighted by atomic mass is 9.91. The topological polar surface area (TPSA) is 56.3 Å². The number of aryl methyl sites for hydroxylation is 1. The summed E-state index contributed by atoms with van der Waals surface area (Å²) in [6.07, 6.45) is 5.18. The van der Waals surface area contributed by atoms with Crippen LogP contribution < -0.4 is 0 Å². The summed E-state index contributed by atoms with van der Waals surface area (Å²) in [4.78, 5) is 17.7. The Morgan fingerprint density at radius 1 is 1.17 bits per heavy atom. The van der Waals surface area contributed by atoms with Gasteiger partial charge >= 0.3 is 0 Å². The van der Waals surface area contributed by atoms with E-state index in [1.165, 1.54) is 10.9 Å². The van der Waals surface area contributed by atoms with Gasteiger partial charge in [-0.3, -0.25) is 4.79 Å². The van der Waals surface area contributed by atoms with Crippen molar-refractivity contribution in [3.05, 3.63) is 70.9 Å². The molecule has 154 valence electrons. The number of amides is 1. The number of aromatic nitrogens is 1. The predicted octanol–water partition coefficient (Wildman–Crippen LogP) is 4.55. The van der Waals surface area contributed by atoms with E-state index in [1.807, 2.05) is 35.4 Å². The Balaban J connectivity index is 1.27. The fourth-order valence-corrected chi connectivity index (χ4v) is 4.12. The monoisotopic (exact) mass is 420 g/mol. The van der Waals surface area contributed by atoms with E-state index in [-0.39, 0.29) is 5.91 Å². The van der Waals surface area contributed by atoms with Crippen molar-refractivity contribution >= 4 is 28.4 Å². The molecule has 0 aliphatic carbocycles. The number of nitrogens with zero attached hydrogens (tertiary/aromatic N) is 1. The molecule has 4 nitrogen and oxygen atoms in total. The van der Waals surface area contributed by atoms with Crippen molar-refractivity contribution < 1.29 is 9.90 Å². The lowest BCUT2D eigenvalue weighted by Gasteiger charge is -2.35. The average Bonchev–Trinajstić information content (AvgIpc) is 3.16. The first-order valence-corrected chi connectivity index (χ1v) is 10.7. The van der Waals surface area contributed by atoms with Crippen LogP contribution in [-0.4, -0.2) is 39.6 Å². The van der Waals surface area contributed by atoms with Gasteiger partial charge in [-0.2, -0.15) is 0 Å². The number of fused-ring (bicyclic) bond motifs is 1. The summed E-state index contributed by atoms with van der Waals surface area (Å²) in [6, 6.07) is 15.5. The first-order chi connectivity index (χ1) is 14.5. The van der Waals surface area contributed by atoms with Gasteiger partial charge in [-0.15, -0.1) is 0 Å². The van der Waals surface area contributed by atoms with Crippen LogP contribution in [0, 0.1) is 11.8 Å². The molecule has 1 amide bonds. The van der Waals surface area contributed by atoms with Gasteiger partial charge in [-0.05, 0) is 42.7 Å². The minimum absolute atomic E-state index is 0.152. The van der Waals surface area contributed by atoms with Crippen molar-refractivity contribution in [3.63, 3.8) is 0 Å². The molecular formula is C25H25ClN2O2. The normalized spacial score (nSPS) is 15.6. The zero-order valence-electron chi connectivity index (χ0n) is 16.8. The number of hydrogen-bond donors (Lipinski definition) is 2. The van der Waals surface area contributed by atoms with E-state index in [9.17, 15) is 9.90 Å². The molecule has 0 atom stereocenters. The smallest absolute Gasteiger partial charge is 0.222 e. The van der Waals surface area contributed by atoms with Crippen LogP contribution in [0.3, 0.4) is 0 Å². The van der Waals surface area contributed by atoms with Crippen LogP contribution in [0.1, 0.15) is 36.8 Å². The molecule has 1 saturated heterocycles. The maximum Gasteiger partial charge on any atom is 0.222 e. The molecule has 5 heteroatoms. The van der Waals surface area contributed by atoms with Gasteiger partial charge in [0.25, 0.3) is 0 Å². The number of para-hydroxylation sites is 1. The van der Waals surface area contributed by atoms with Gasteiger partial charge in [0.2, 0.25) is 5.91 Å². The van der Waals surface area contributed by atoms with Crippen molar-refractivity contribution in [1.82, 2.24) is 9.88 Å². The summed E-state index contributed by atoms with van der Waals surface area (Å²) >= 11 is 5.98. The summed E-state index contributed by atoms with van der Waals surface area (Å²) in [5.41, 5.74) is 2.12. The van der Waals surface area contributed by atoms with E-state index in [2.05, 4.69) is 29.0 Å². The SMILES string of the molecule is O=C(CCCc1c[nH]c2ccccc12)N1CCC(O)(C#Cc2cccc(Cl)c2)CC1. The number of nitrogens with one attached hydrogen (secondary N) is 1. The number of halogens is 1. The Hall–Kier alpha value is -2.74. The molecule has 1 aromatic heterocycles. The molecule has 1 aliphatic heterocycles. The van der Waals surface area contributed by atoms with Crippen molar-refractivity contribution in [3.8, 4) is 11.8 Å². The fraction of sp³-hybridized carbons (Fsp3) is 0.320. The van der Waals surface area contributed by atoms with Crippen LogP contribution in [0.4, 0.5) is 0 Å². The zero-order chi connectivity index (χ0) is 21.0. The maximum atomic E-state index is 12.6. The number of hydrogen-bond acceptors (Lipinski definition) is 2. The third-order valence-corrected chi connectivity index (χ3v) is 5.95. The molecule has 2 aromatic carbocycles. The Labute approximate surface area is 181 Å². The van der Waals surface area contributed by atoms with Crippen LogP contribution in [0.5, 0.6) is 0 Å². The van der Waals surface area contributed by atoms with E-state index < -0.39 is 5.60 Å². The molecule has 0 unspecified atom stereocenters. The van der Waals surface area contributed by atoms with Gasteiger partial charge in [0, 0.05) is 60.0 Å². The molecule has 30 heavy (non-hydrogen) atoms. The molecule has 0 saturated carbocycles. The molecule has 0 radical (unpaired) electrons. The van der Waals surface area contributed by atoms with Gasteiger partial charge in [-0.1, -0.05) is 47.7 Å². The number of likely N-dealkylation sites (tertiary alicyclic amines) is 1. The number of piperidine rings is 1. The van der Waals surface area contributed by atoms with Gasteiger partial charge in [0.05, 0.1) is 0 Å². The van der Waals surface area contributed by atoms with Gasteiger partial charge in [0.1, 0.15) is 5.60 Å². The highest BCUT2D eigenvalue weighted by Gasteiger charge is 2.32. The van der Waals surface area contributed by atoms with E-state index in [1.54, 1.807) is 12.1 Å². The summed E-state index contributed by atoms with van der Waals surface area (Å²) in [5.74, 6) is 6.15. The van der Waals surface area contributed by atoms with Crippen molar-refractivity contribution in [1.29, 1.82) is 0 Å². The molecular weight excluding hydrogens is 396 g/mol. The molecule has 2 N–H and O–H groups in total. The average molecular weight is 421 g/mol. The number of H-pyrrole nitrogens is 1. The second-order valence-corrected chi connectivity index (χ2v) is 8.32. The summed E-state index contributed by atoms with van der Waals surface area (Å²) in [7, 11) is 0. The highest BCUT2D eigenvalue weighted by molar-refractivity contribution is 6.30. The molecule has 2 heterocycles. The highest BCUT2D eigenvalue weighted by atomic mass is 35.5. The third-order valence-electron chi connectivity index (χ3n) is 5.72. The Kier molecular flexibility index (Phi) is 6.13. The predicted molar refractivity (Wildman–Crippen MR) is 120 cm³/mol. The Morgan fingerprint density at radius 2 is 1.97 bits per heavy atom. The zero-order valence-corrected chi connectivity index (χ0v) is 17.6. The molecule has 1 fully saturated rings. The number of carbonyl (C=O) groups is 1.